The van der Waals surface area contributed by atoms with Gasteiger partial charge in [-0.1, -0.05) is 13.3 Å². The predicted octanol–water partition coefficient (Wildman–Crippen LogP) is 2.56. The van der Waals surface area contributed by atoms with E-state index in [4.69, 9.17) is 14.7 Å². The largest absolute Gasteiger partial charge is 0.370 e. The highest BCUT2D eigenvalue weighted by atomic mass is 16.5. The monoisotopic (exact) mass is 275 g/mol. The van der Waals surface area contributed by atoms with E-state index in [-0.39, 0.29) is 6.10 Å². The van der Waals surface area contributed by atoms with Crippen LogP contribution in [0.4, 0.5) is 0 Å². The number of nitrogens with zero attached hydrogens (tertiary/aromatic N) is 2. The van der Waals surface area contributed by atoms with Crippen LogP contribution in [0.2, 0.25) is 0 Å². The van der Waals surface area contributed by atoms with Gasteiger partial charge in [-0.15, -0.1) is 0 Å². The zero-order chi connectivity index (χ0) is 13.9. The average molecular weight is 275 g/mol. The van der Waals surface area contributed by atoms with Crippen LogP contribution < -0.4 is 5.32 Å². The van der Waals surface area contributed by atoms with Crippen LogP contribution in [-0.4, -0.2) is 23.1 Å². The highest BCUT2D eigenvalue weighted by molar-refractivity contribution is 5.29. The molecule has 0 radical (unpaired) electrons. The van der Waals surface area contributed by atoms with Crippen molar-refractivity contribution in [3.05, 3.63) is 22.8 Å². The van der Waals surface area contributed by atoms with E-state index in [9.17, 15) is 0 Å². The Morgan fingerprint density at radius 2 is 2.15 bits per heavy atom. The normalized spacial score (nSPS) is 19.7. The number of hydrogen-bond donors (Lipinski definition) is 1. The zero-order valence-electron chi connectivity index (χ0n) is 12.6. The van der Waals surface area contributed by atoms with Crippen LogP contribution in [-0.2, 0) is 24.1 Å². The molecule has 1 unspecified atom stereocenters. The molecule has 4 nitrogen and oxygen atoms in total. The molecule has 0 bridgehead atoms. The van der Waals surface area contributed by atoms with Crippen LogP contribution >= 0.6 is 0 Å². The second-order valence-corrected chi connectivity index (χ2v) is 5.84. The van der Waals surface area contributed by atoms with E-state index in [0.717, 1.165) is 44.8 Å². The minimum atomic E-state index is 0.114. The Balaban J connectivity index is 1.95. The highest BCUT2D eigenvalue weighted by Crippen LogP contribution is 2.42. The summed E-state index contributed by atoms with van der Waals surface area (Å²) in [5.41, 5.74) is 3.86. The van der Waals surface area contributed by atoms with Crippen molar-refractivity contribution in [1.29, 1.82) is 0 Å². The van der Waals surface area contributed by atoms with Crippen LogP contribution in [0.3, 0.4) is 0 Å². The smallest absolute Gasteiger partial charge is 0.157 e. The van der Waals surface area contributed by atoms with E-state index in [1.54, 1.807) is 0 Å². The van der Waals surface area contributed by atoms with Crippen molar-refractivity contribution in [2.24, 2.45) is 5.92 Å². The number of nitrogens with one attached hydrogen (secondary N) is 1. The fourth-order valence-corrected chi connectivity index (χ4v) is 3.03. The van der Waals surface area contributed by atoms with E-state index < -0.39 is 0 Å². The predicted molar refractivity (Wildman–Crippen MR) is 78.5 cm³/mol. The molecule has 1 aromatic heterocycles. The summed E-state index contributed by atoms with van der Waals surface area (Å²) in [6.07, 6.45) is 5.88. The maximum absolute atomic E-state index is 5.93. The maximum atomic E-state index is 5.93. The van der Waals surface area contributed by atoms with Gasteiger partial charge in [0.1, 0.15) is 6.10 Å². The third-order valence-corrected chi connectivity index (χ3v) is 4.18. The minimum absolute atomic E-state index is 0.114. The molecule has 110 valence electrons. The van der Waals surface area contributed by atoms with Gasteiger partial charge in [0, 0.05) is 18.8 Å². The third kappa shape index (κ3) is 2.86. The molecule has 4 heteroatoms. The van der Waals surface area contributed by atoms with E-state index in [0.29, 0.717) is 5.92 Å². The van der Waals surface area contributed by atoms with Crippen molar-refractivity contribution >= 4 is 0 Å². The van der Waals surface area contributed by atoms with Crippen molar-refractivity contribution < 1.29 is 4.74 Å². The summed E-state index contributed by atoms with van der Waals surface area (Å²) in [4.78, 5) is 9.73. The van der Waals surface area contributed by atoms with Crippen molar-refractivity contribution in [3.8, 4) is 0 Å². The lowest BCUT2D eigenvalue weighted by Gasteiger charge is -2.23. The Kier molecular flexibility index (Phi) is 4.32. The number of hydrogen-bond acceptors (Lipinski definition) is 4. The molecular formula is C16H25N3O. The molecule has 20 heavy (non-hydrogen) atoms. The first-order valence-electron chi connectivity index (χ1n) is 8.04. The average Bonchev–Trinajstić information content (AvgIpc) is 3.29. The topological polar surface area (TPSA) is 47.0 Å². The van der Waals surface area contributed by atoms with Crippen LogP contribution in [0.25, 0.3) is 0 Å². The Bertz CT molecular complexity index is 471. The van der Waals surface area contributed by atoms with Gasteiger partial charge in [-0.2, -0.15) is 0 Å². The fourth-order valence-electron chi connectivity index (χ4n) is 3.03. The van der Waals surface area contributed by atoms with Crippen molar-refractivity contribution in [3.63, 3.8) is 0 Å². The van der Waals surface area contributed by atoms with Crippen LogP contribution in [0.5, 0.6) is 0 Å². The Hall–Kier alpha value is -1.00. The van der Waals surface area contributed by atoms with Crippen molar-refractivity contribution in [1.82, 2.24) is 15.3 Å². The maximum Gasteiger partial charge on any atom is 0.157 e. The number of aryl methyl sites for hydroxylation is 1. The van der Waals surface area contributed by atoms with Gasteiger partial charge in [0.2, 0.25) is 0 Å². The molecule has 0 amide bonds. The molecular weight excluding hydrogens is 250 g/mol. The third-order valence-electron chi connectivity index (χ3n) is 4.18. The summed E-state index contributed by atoms with van der Waals surface area (Å²) in [5.74, 6) is 1.57. The number of ether oxygens (including phenoxy) is 1. The Labute approximate surface area is 121 Å². The molecule has 2 heterocycles. The van der Waals surface area contributed by atoms with Gasteiger partial charge in [0.25, 0.3) is 0 Å². The van der Waals surface area contributed by atoms with Crippen LogP contribution in [0, 0.1) is 5.92 Å². The first kappa shape index (κ1) is 14.0. The molecule has 0 spiro atoms. The number of rotatable bonds is 6. The van der Waals surface area contributed by atoms with E-state index in [1.807, 2.05) is 0 Å². The van der Waals surface area contributed by atoms with Crippen molar-refractivity contribution in [2.45, 2.75) is 58.6 Å². The van der Waals surface area contributed by atoms with Gasteiger partial charge in [0.05, 0.1) is 5.69 Å². The lowest BCUT2D eigenvalue weighted by Crippen LogP contribution is -2.28. The SMILES string of the molecule is CCCc1nc(C(OCC)C2CC2)nc2c1CCNC2. The minimum Gasteiger partial charge on any atom is -0.370 e. The zero-order valence-corrected chi connectivity index (χ0v) is 12.6. The second kappa shape index (κ2) is 6.19. The van der Waals surface area contributed by atoms with Gasteiger partial charge >= 0.3 is 0 Å². The van der Waals surface area contributed by atoms with Gasteiger partial charge < -0.3 is 10.1 Å². The van der Waals surface area contributed by atoms with Crippen LogP contribution in [0.15, 0.2) is 0 Å². The van der Waals surface area contributed by atoms with E-state index >= 15 is 0 Å². The molecule has 1 saturated carbocycles. The second-order valence-electron chi connectivity index (χ2n) is 5.84. The Morgan fingerprint density at radius 3 is 2.85 bits per heavy atom. The highest BCUT2D eigenvalue weighted by Gasteiger charge is 2.35. The molecule has 1 atom stereocenters. The van der Waals surface area contributed by atoms with Gasteiger partial charge in [-0.3, -0.25) is 0 Å². The number of fused-ring (bicyclic) bond motifs is 1. The van der Waals surface area contributed by atoms with Crippen LogP contribution in [0.1, 0.15) is 62.0 Å². The molecule has 1 aliphatic heterocycles. The van der Waals surface area contributed by atoms with Gasteiger partial charge in [0.15, 0.2) is 5.82 Å². The quantitative estimate of drug-likeness (QED) is 0.867. The summed E-state index contributed by atoms with van der Waals surface area (Å²) in [6.45, 7) is 6.94. The standard InChI is InChI=1S/C16H25N3O/c1-3-5-13-12-8-9-17-10-14(12)19-16(18-13)15(20-4-2)11-6-7-11/h11,15,17H,3-10H2,1-2H3. The summed E-state index contributed by atoms with van der Waals surface area (Å²) >= 11 is 0. The lowest BCUT2D eigenvalue weighted by atomic mass is 10.0. The lowest BCUT2D eigenvalue weighted by molar-refractivity contribution is 0.0396. The van der Waals surface area contributed by atoms with Crippen molar-refractivity contribution in [2.75, 3.05) is 13.2 Å². The summed E-state index contributed by atoms with van der Waals surface area (Å²) in [7, 11) is 0. The summed E-state index contributed by atoms with van der Waals surface area (Å²) in [6, 6.07) is 0. The van der Waals surface area contributed by atoms with E-state index in [2.05, 4.69) is 19.2 Å². The number of aromatic nitrogens is 2. The van der Waals surface area contributed by atoms with E-state index in [1.165, 1.54) is 29.8 Å². The fraction of sp³-hybridized carbons (Fsp3) is 0.750. The van der Waals surface area contributed by atoms with Gasteiger partial charge in [-0.25, -0.2) is 9.97 Å². The molecule has 1 N–H and O–H groups in total. The molecule has 1 aliphatic carbocycles. The first-order chi connectivity index (χ1) is 9.83. The van der Waals surface area contributed by atoms with Gasteiger partial charge in [-0.05, 0) is 50.6 Å². The Morgan fingerprint density at radius 1 is 1.30 bits per heavy atom. The molecule has 3 rings (SSSR count). The summed E-state index contributed by atoms with van der Waals surface area (Å²) < 4.78 is 5.93. The molecule has 0 aromatic carbocycles. The molecule has 1 fully saturated rings. The molecule has 1 aromatic rings. The first-order valence-corrected chi connectivity index (χ1v) is 8.04. The summed E-state index contributed by atoms with van der Waals surface area (Å²) in [5, 5.41) is 3.42. The molecule has 2 aliphatic rings. The molecule has 0 saturated heterocycles.